The Kier molecular flexibility index (Phi) is 7.99. The summed E-state index contributed by atoms with van der Waals surface area (Å²) in [7, 11) is 0. The standard InChI is InChI=1S/C19H28N4O.HI/c20-19(22-17-9-2-1-3-10-17)21-13-15-7-4-5-8-16(15)14-23-12-6-11-18(23)24;/h4-5,7-8,17H,1-3,6,9-14H2,(H3,20,21,22);1H. The highest BCUT2D eigenvalue weighted by Gasteiger charge is 2.20. The summed E-state index contributed by atoms with van der Waals surface area (Å²) in [6, 6.07) is 8.67. The third-order valence-electron chi connectivity index (χ3n) is 5.03. The molecule has 1 aromatic carbocycles. The molecule has 1 saturated carbocycles. The first kappa shape index (κ1) is 20.0. The number of benzene rings is 1. The molecule has 0 bridgehead atoms. The fourth-order valence-electron chi connectivity index (χ4n) is 3.61. The van der Waals surface area contributed by atoms with Crippen LogP contribution in [-0.4, -0.2) is 29.4 Å². The number of halogens is 1. The van der Waals surface area contributed by atoms with E-state index in [2.05, 4.69) is 22.4 Å². The van der Waals surface area contributed by atoms with Gasteiger partial charge >= 0.3 is 0 Å². The minimum atomic E-state index is 0. The Bertz CT molecular complexity index is 599. The molecule has 138 valence electrons. The van der Waals surface area contributed by atoms with Crippen molar-refractivity contribution in [3.8, 4) is 0 Å². The number of carbonyl (C=O) groups excluding carboxylic acids is 1. The molecule has 0 spiro atoms. The third-order valence-corrected chi connectivity index (χ3v) is 5.03. The van der Waals surface area contributed by atoms with Crippen LogP contribution >= 0.6 is 24.0 Å². The summed E-state index contributed by atoms with van der Waals surface area (Å²) in [5.74, 6) is 0.792. The number of aliphatic imine (C=N–C) groups is 1. The van der Waals surface area contributed by atoms with Crippen molar-refractivity contribution in [1.82, 2.24) is 10.2 Å². The largest absolute Gasteiger partial charge is 0.370 e. The van der Waals surface area contributed by atoms with Gasteiger partial charge in [0, 0.05) is 25.6 Å². The summed E-state index contributed by atoms with van der Waals surface area (Å²) < 4.78 is 0. The van der Waals surface area contributed by atoms with Crippen molar-refractivity contribution in [2.24, 2.45) is 10.7 Å². The fraction of sp³-hybridized carbons (Fsp3) is 0.579. The normalized spacial score (nSPS) is 19.0. The molecule has 0 radical (unpaired) electrons. The van der Waals surface area contributed by atoms with E-state index in [-0.39, 0.29) is 29.9 Å². The molecule has 1 saturated heterocycles. The molecule has 25 heavy (non-hydrogen) atoms. The van der Waals surface area contributed by atoms with Crippen molar-refractivity contribution in [2.75, 3.05) is 6.54 Å². The molecule has 1 aliphatic heterocycles. The summed E-state index contributed by atoms with van der Waals surface area (Å²) >= 11 is 0. The number of rotatable bonds is 5. The molecule has 2 fully saturated rings. The van der Waals surface area contributed by atoms with Crippen molar-refractivity contribution < 1.29 is 4.79 Å². The molecular weight excluding hydrogens is 427 g/mol. The molecule has 0 aromatic heterocycles. The van der Waals surface area contributed by atoms with Crippen molar-refractivity contribution >= 4 is 35.8 Å². The monoisotopic (exact) mass is 456 g/mol. The summed E-state index contributed by atoms with van der Waals surface area (Å²) in [5, 5.41) is 3.35. The molecule has 5 nitrogen and oxygen atoms in total. The number of guanidine groups is 1. The van der Waals surface area contributed by atoms with Gasteiger partial charge in [0.2, 0.25) is 5.91 Å². The van der Waals surface area contributed by atoms with Gasteiger partial charge in [-0.25, -0.2) is 4.99 Å². The number of hydrogen-bond donors (Lipinski definition) is 2. The van der Waals surface area contributed by atoms with E-state index in [4.69, 9.17) is 5.73 Å². The zero-order chi connectivity index (χ0) is 16.8. The number of nitrogens with one attached hydrogen (secondary N) is 1. The number of nitrogens with zero attached hydrogens (tertiary/aromatic N) is 2. The Labute approximate surface area is 167 Å². The first-order valence-electron chi connectivity index (χ1n) is 9.13. The van der Waals surface area contributed by atoms with E-state index < -0.39 is 0 Å². The first-order chi connectivity index (χ1) is 11.7. The maximum atomic E-state index is 11.8. The molecule has 1 aliphatic carbocycles. The number of hydrogen-bond acceptors (Lipinski definition) is 2. The second kappa shape index (κ2) is 9.99. The maximum Gasteiger partial charge on any atom is 0.222 e. The van der Waals surface area contributed by atoms with E-state index in [1.54, 1.807) is 0 Å². The average molecular weight is 456 g/mol. The van der Waals surface area contributed by atoms with Crippen LogP contribution in [0.3, 0.4) is 0 Å². The van der Waals surface area contributed by atoms with E-state index in [0.717, 1.165) is 18.5 Å². The molecular formula is C19H29IN4O. The Balaban J connectivity index is 0.00000225. The van der Waals surface area contributed by atoms with Gasteiger partial charge in [0.25, 0.3) is 0 Å². The molecule has 2 aliphatic rings. The van der Waals surface area contributed by atoms with Crippen LogP contribution < -0.4 is 11.1 Å². The summed E-state index contributed by atoms with van der Waals surface area (Å²) in [5.41, 5.74) is 8.38. The minimum absolute atomic E-state index is 0. The Morgan fingerprint density at radius 3 is 2.56 bits per heavy atom. The van der Waals surface area contributed by atoms with Gasteiger partial charge in [-0.05, 0) is 30.4 Å². The lowest BCUT2D eigenvalue weighted by Gasteiger charge is -2.23. The average Bonchev–Trinajstić information content (AvgIpc) is 3.00. The number of nitrogens with two attached hydrogens (primary N) is 1. The number of carbonyl (C=O) groups is 1. The lowest BCUT2D eigenvalue weighted by Crippen LogP contribution is -2.41. The van der Waals surface area contributed by atoms with Gasteiger partial charge < -0.3 is 16.0 Å². The van der Waals surface area contributed by atoms with E-state index >= 15 is 0 Å². The third kappa shape index (κ3) is 5.87. The van der Waals surface area contributed by atoms with Gasteiger partial charge in [-0.3, -0.25) is 4.79 Å². The second-order valence-electron chi connectivity index (χ2n) is 6.87. The van der Waals surface area contributed by atoms with Gasteiger partial charge in [0.15, 0.2) is 5.96 Å². The zero-order valence-electron chi connectivity index (χ0n) is 14.7. The van der Waals surface area contributed by atoms with Gasteiger partial charge in [0.1, 0.15) is 0 Å². The van der Waals surface area contributed by atoms with Crippen molar-refractivity contribution in [3.05, 3.63) is 35.4 Å². The Hall–Kier alpha value is -1.31. The predicted molar refractivity (Wildman–Crippen MR) is 112 cm³/mol. The van der Waals surface area contributed by atoms with Crippen molar-refractivity contribution in [1.29, 1.82) is 0 Å². The van der Waals surface area contributed by atoms with E-state index in [9.17, 15) is 4.79 Å². The second-order valence-corrected chi connectivity index (χ2v) is 6.87. The highest BCUT2D eigenvalue weighted by molar-refractivity contribution is 14.0. The molecule has 1 amide bonds. The Morgan fingerprint density at radius 1 is 1.16 bits per heavy atom. The SMILES string of the molecule is I.NC(=NCc1ccccc1CN1CCCC1=O)NC1CCCCC1. The van der Waals surface area contributed by atoms with E-state index in [0.29, 0.717) is 31.5 Å². The van der Waals surface area contributed by atoms with Gasteiger partial charge in [-0.2, -0.15) is 0 Å². The van der Waals surface area contributed by atoms with Gasteiger partial charge in [-0.15, -0.1) is 24.0 Å². The van der Waals surface area contributed by atoms with Crippen LogP contribution in [0.4, 0.5) is 0 Å². The van der Waals surface area contributed by atoms with E-state index in [1.165, 1.54) is 37.7 Å². The van der Waals surface area contributed by atoms with Crippen molar-refractivity contribution in [3.63, 3.8) is 0 Å². The molecule has 0 atom stereocenters. The first-order valence-corrected chi connectivity index (χ1v) is 9.13. The van der Waals surface area contributed by atoms with Gasteiger partial charge in [0.05, 0.1) is 6.54 Å². The molecule has 0 unspecified atom stereocenters. The maximum absolute atomic E-state index is 11.8. The lowest BCUT2D eigenvalue weighted by molar-refractivity contribution is -0.128. The molecule has 3 N–H and O–H groups in total. The fourth-order valence-corrected chi connectivity index (χ4v) is 3.61. The summed E-state index contributed by atoms with van der Waals surface area (Å²) in [6.45, 7) is 2.10. The topological polar surface area (TPSA) is 70.7 Å². The molecule has 1 aromatic rings. The lowest BCUT2D eigenvalue weighted by atomic mass is 9.96. The highest BCUT2D eigenvalue weighted by Crippen LogP contribution is 2.19. The van der Waals surface area contributed by atoms with Crippen LogP contribution in [0.2, 0.25) is 0 Å². The zero-order valence-corrected chi connectivity index (χ0v) is 17.1. The smallest absolute Gasteiger partial charge is 0.222 e. The van der Waals surface area contributed by atoms with Crippen molar-refractivity contribution in [2.45, 2.75) is 64.1 Å². The summed E-state index contributed by atoms with van der Waals surface area (Å²) in [4.78, 5) is 18.3. The predicted octanol–water partition coefficient (Wildman–Crippen LogP) is 3.16. The van der Waals surface area contributed by atoms with Crippen LogP contribution in [0, 0.1) is 0 Å². The summed E-state index contributed by atoms with van der Waals surface area (Å²) in [6.07, 6.45) is 7.90. The Morgan fingerprint density at radius 2 is 1.88 bits per heavy atom. The van der Waals surface area contributed by atoms with Crippen LogP contribution in [0.1, 0.15) is 56.1 Å². The molecule has 6 heteroatoms. The van der Waals surface area contributed by atoms with Crippen LogP contribution in [0.25, 0.3) is 0 Å². The van der Waals surface area contributed by atoms with Gasteiger partial charge in [-0.1, -0.05) is 43.5 Å². The quantitative estimate of drug-likeness (QED) is 0.406. The van der Waals surface area contributed by atoms with E-state index in [1.807, 2.05) is 17.0 Å². The number of amides is 1. The molecule has 3 rings (SSSR count). The van der Waals surface area contributed by atoms with Crippen LogP contribution in [0.5, 0.6) is 0 Å². The van der Waals surface area contributed by atoms with Crippen LogP contribution in [0.15, 0.2) is 29.3 Å². The van der Waals surface area contributed by atoms with Crippen LogP contribution in [-0.2, 0) is 17.9 Å². The molecule has 1 heterocycles. The minimum Gasteiger partial charge on any atom is -0.370 e. The number of likely N-dealkylation sites (tertiary alicyclic amines) is 1. The highest BCUT2D eigenvalue weighted by atomic mass is 127.